The van der Waals surface area contributed by atoms with E-state index in [4.69, 9.17) is 20.6 Å². The van der Waals surface area contributed by atoms with Crippen LogP contribution >= 0.6 is 8.38 Å². The monoisotopic (exact) mass is 238 g/mol. The summed E-state index contributed by atoms with van der Waals surface area (Å²) in [6.45, 7) is 1.45. The highest BCUT2D eigenvalue weighted by Crippen LogP contribution is 2.31. The first-order valence-corrected chi connectivity index (χ1v) is 5.61. The lowest BCUT2D eigenvalue weighted by atomic mass is 10.3. The van der Waals surface area contributed by atoms with Crippen molar-refractivity contribution in [1.82, 2.24) is 5.32 Å². The molecule has 0 aromatic heterocycles. The maximum atomic E-state index is 11.1. The van der Waals surface area contributed by atoms with Crippen molar-refractivity contribution in [1.29, 1.82) is 0 Å². The van der Waals surface area contributed by atoms with Crippen molar-refractivity contribution in [2.24, 2.45) is 5.73 Å². The highest BCUT2D eigenvalue weighted by atomic mass is 31.2. The number of aliphatic carboxylic acids is 1. The predicted octanol–water partition coefficient (Wildman–Crippen LogP) is -1.06. The number of carbonyl (C=O) groups excluding carboxylic acids is 1. The molecule has 0 aromatic rings. The lowest BCUT2D eigenvalue weighted by Crippen LogP contribution is -2.43. The van der Waals surface area contributed by atoms with Gasteiger partial charge in [-0.05, 0) is 13.3 Å². The lowest BCUT2D eigenvalue weighted by Gasteiger charge is -2.19. The third-order valence-corrected chi connectivity index (χ3v) is 2.58. The second-order valence-corrected chi connectivity index (χ2v) is 4.33. The van der Waals surface area contributed by atoms with Gasteiger partial charge < -0.3 is 25.9 Å². The Kier molecular flexibility index (Phi) is 6.35. The van der Waals surface area contributed by atoms with Crippen molar-refractivity contribution < 1.29 is 24.5 Å². The highest BCUT2D eigenvalue weighted by molar-refractivity contribution is 7.45. The molecule has 15 heavy (non-hydrogen) atoms. The van der Waals surface area contributed by atoms with Gasteiger partial charge in [-0.15, -0.1) is 0 Å². The summed E-state index contributed by atoms with van der Waals surface area (Å²) in [5.41, 5.74) is 5.26. The molecule has 1 unspecified atom stereocenters. The number of carboxylic acids is 1. The van der Waals surface area contributed by atoms with Gasteiger partial charge in [0.2, 0.25) is 5.91 Å². The molecule has 0 aliphatic carbocycles. The minimum atomic E-state index is -2.40. The molecule has 0 spiro atoms. The molecule has 8 heteroatoms. The van der Waals surface area contributed by atoms with E-state index < -0.39 is 32.1 Å². The van der Waals surface area contributed by atoms with Crippen LogP contribution in [0.1, 0.15) is 19.8 Å². The van der Waals surface area contributed by atoms with E-state index in [9.17, 15) is 9.59 Å². The van der Waals surface area contributed by atoms with Crippen LogP contribution < -0.4 is 11.1 Å². The number of nitrogens with two attached hydrogens (primary N) is 1. The number of hydrogen-bond donors (Lipinski definition) is 5. The Balaban J connectivity index is 4.16. The lowest BCUT2D eigenvalue weighted by molar-refractivity contribution is -0.137. The Hall–Kier alpha value is -0.750. The van der Waals surface area contributed by atoms with Crippen molar-refractivity contribution >= 4 is 20.3 Å². The number of rotatable bonds is 6. The Morgan fingerprint density at radius 2 is 2.00 bits per heavy atom. The fraction of sp³-hybridized carbons (Fsp3) is 0.714. The Morgan fingerprint density at radius 1 is 1.47 bits per heavy atom. The third kappa shape index (κ3) is 6.35. The molecule has 88 valence electrons. The van der Waals surface area contributed by atoms with Crippen molar-refractivity contribution in [3.8, 4) is 0 Å². The maximum absolute atomic E-state index is 11.1. The van der Waals surface area contributed by atoms with Crippen molar-refractivity contribution in [2.45, 2.75) is 31.6 Å². The zero-order valence-corrected chi connectivity index (χ0v) is 9.15. The molecule has 6 N–H and O–H groups in total. The molecular formula is C7H15N2O5P. The Bertz CT molecular complexity index is 233. The predicted molar refractivity (Wildman–Crippen MR) is 53.8 cm³/mol. The molecule has 1 amide bonds. The second kappa shape index (κ2) is 6.68. The standard InChI is InChI=1S/C7H15N2O5P/c1-4(8)7(12)9-5(15(13)14)2-3-6(10)11/h4-5,13-14H,2-3,8H2,1H3,(H,9,12)(H,10,11)/t4-,5?/m0/s1. The van der Waals surface area contributed by atoms with Crippen molar-refractivity contribution in [3.63, 3.8) is 0 Å². The van der Waals surface area contributed by atoms with Crippen LogP contribution in [0, 0.1) is 0 Å². The Morgan fingerprint density at radius 3 is 2.33 bits per heavy atom. The van der Waals surface area contributed by atoms with Crippen LogP contribution in [0.5, 0.6) is 0 Å². The van der Waals surface area contributed by atoms with E-state index in [1.165, 1.54) is 6.92 Å². The number of carboxylic acid groups (broad SMARTS) is 1. The molecule has 0 radical (unpaired) electrons. The van der Waals surface area contributed by atoms with Crippen LogP contribution in [0.2, 0.25) is 0 Å². The second-order valence-electron chi connectivity index (χ2n) is 3.07. The smallest absolute Gasteiger partial charge is 0.303 e. The van der Waals surface area contributed by atoms with E-state index in [1.54, 1.807) is 0 Å². The number of amides is 1. The normalized spacial score (nSPS) is 14.7. The summed E-state index contributed by atoms with van der Waals surface area (Å²) in [4.78, 5) is 39.2. The molecule has 0 fully saturated rings. The van der Waals surface area contributed by atoms with Crippen LogP contribution in [0.3, 0.4) is 0 Å². The van der Waals surface area contributed by atoms with Gasteiger partial charge in [0.1, 0.15) is 0 Å². The largest absolute Gasteiger partial charge is 0.481 e. The van der Waals surface area contributed by atoms with Gasteiger partial charge in [-0.1, -0.05) is 0 Å². The first-order chi connectivity index (χ1) is 6.84. The van der Waals surface area contributed by atoms with Crippen LogP contribution in [0.4, 0.5) is 0 Å². The van der Waals surface area contributed by atoms with Gasteiger partial charge in [-0.2, -0.15) is 0 Å². The summed E-state index contributed by atoms with van der Waals surface area (Å²) in [7, 11) is -2.40. The Labute approximate surface area is 88.2 Å². The van der Waals surface area contributed by atoms with Crippen molar-refractivity contribution in [3.05, 3.63) is 0 Å². The van der Waals surface area contributed by atoms with E-state index in [0.29, 0.717) is 0 Å². The summed E-state index contributed by atoms with van der Waals surface area (Å²) in [5, 5.41) is 10.7. The summed E-state index contributed by atoms with van der Waals surface area (Å²) in [6, 6.07) is -0.771. The first kappa shape index (κ1) is 14.2. The van der Waals surface area contributed by atoms with Gasteiger partial charge in [0.05, 0.1) is 11.8 Å². The van der Waals surface area contributed by atoms with Gasteiger partial charge in [0, 0.05) is 6.42 Å². The molecule has 0 aliphatic heterocycles. The fourth-order valence-corrected chi connectivity index (χ4v) is 1.40. The molecule has 0 heterocycles. The van der Waals surface area contributed by atoms with Crippen LogP contribution in [0.15, 0.2) is 0 Å². The molecule has 0 aromatic carbocycles. The van der Waals surface area contributed by atoms with Gasteiger partial charge in [-0.25, -0.2) is 0 Å². The molecule has 7 nitrogen and oxygen atoms in total. The number of nitrogens with one attached hydrogen (secondary N) is 1. The molecule has 0 saturated carbocycles. The van der Waals surface area contributed by atoms with Crippen LogP contribution in [-0.2, 0) is 9.59 Å². The average molecular weight is 238 g/mol. The molecule has 0 rings (SSSR count). The number of carbonyl (C=O) groups is 2. The summed E-state index contributed by atoms with van der Waals surface area (Å²) < 4.78 is 0. The first-order valence-electron chi connectivity index (χ1n) is 4.29. The van der Waals surface area contributed by atoms with E-state index in [2.05, 4.69) is 5.32 Å². The molecule has 0 bridgehead atoms. The van der Waals surface area contributed by atoms with Gasteiger partial charge in [-0.3, -0.25) is 9.59 Å². The van der Waals surface area contributed by atoms with Crippen LogP contribution in [-0.4, -0.2) is 38.6 Å². The van der Waals surface area contributed by atoms with Gasteiger partial charge in [0.25, 0.3) is 0 Å². The van der Waals surface area contributed by atoms with Gasteiger partial charge >= 0.3 is 5.97 Å². The van der Waals surface area contributed by atoms with E-state index >= 15 is 0 Å². The summed E-state index contributed by atoms with van der Waals surface area (Å²) >= 11 is 0. The zero-order valence-electron chi connectivity index (χ0n) is 8.25. The van der Waals surface area contributed by atoms with Crippen LogP contribution in [0.25, 0.3) is 0 Å². The highest BCUT2D eigenvalue weighted by Gasteiger charge is 2.22. The maximum Gasteiger partial charge on any atom is 0.303 e. The van der Waals surface area contributed by atoms with E-state index in [-0.39, 0.29) is 12.8 Å². The minimum absolute atomic E-state index is 0.0352. The topological polar surface area (TPSA) is 133 Å². The van der Waals surface area contributed by atoms with E-state index in [1.807, 2.05) is 0 Å². The average Bonchev–Trinajstić information content (AvgIpc) is 2.10. The van der Waals surface area contributed by atoms with Crippen molar-refractivity contribution in [2.75, 3.05) is 0 Å². The molecular weight excluding hydrogens is 223 g/mol. The number of hydrogen-bond acceptors (Lipinski definition) is 5. The quantitative estimate of drug-likeness (QED) is 0.374. The third-order valence-electron chi connectivity index (χ3n) is 1.63. The minimum Gasteiger partial charge on any atom is -0.481 e. The van der Waals surface area contributed by atoms with Gasteiger partial charge in [0.15, 0.2) is 8.38 Å². The fourth-order valence-electron chi connectivity index (χ4n) is 0.801. The molecule has 0 saturated heterocycles. The van der Waals surface area contributed by atoms with E-state index in [0.717, 1.165) is 0 Å². The zero-order chi connectivity index (χ0) is 12.0. The molecule has 0 aliphatic rings. The SMILES string of the molecule is C[C@H](N)C(=O)NC(CCC(=O)O)P(O)O. The molecule has 2 atom stereocenters. The summed E-state index contributed by atoms with van der Waals surface area (Å²) in [5.74, 6) is -2.55. The summed E-state index contributed by atoms with van der Waals surface area (Å²) in [6.07, 6.45) is -0.281.